The Morgan fingerprint density at radius 3 is 1.75 bits per heavy atom. The van der Waals surface area contributed by atoms with Gasteiger partial charge in [0.15, 0.2) is 0 Å². The average Bonchev–Trinajstić information content (AvgIpc) is 2.23. The molecule has 0 atom stereocenters. The standard InChI is InChI=1S/C9H15N3O3.K/c1-3-5-14-8-10-7(13)11-9(12-8)15-6-4-2;/h3-6H2,1-2H3,(H,10,11,12,13);/q;+1/p-1. The molecule has 0 spiro atoms. The van der Waals surface area contributed by atoms with Gasteiger partial charge < -0.3 is 14.6 Å². The van der Waals surface area contributed by atoms with Gasteiger partial charge in [0.2, 0.25) is 0 Å². The van der Waals surface area contributed by atoms with E-state index in [0.29, 0.717) is 13.2 Å². The van der Waals surface area contributed by atoms with E-state index in [0.717, 1.165) is 12.8 Å². The first-order chi connectivity index (χ1) is 7.26. The van der Waals surface area contributed by atoms with Gasteiger partial charge in [0, 0.05) is 0 Å². The van der Waals surface area contributed by atoms with Gasteiger partial charge in [0.05, 0.1) is 19.2 Å². The second-order valence-electron chi connectivity index (χ2n) is 2.88. The quantitative estimate of drug-likeness (QED) is 0.521. The molecule has 0 N–H and O–H groups in total. The Hall–Kier alpha value is 0.0464. The molecule has 1 rings (SSSR count). The summed E-state index contributed by atoms with van der Waals surface area (Å²) >= 11 is 0. The third kappa shape index (κ3) is 5.95. The molecule has 0 saturated heterocycles. The van der Waals surface area contributed by atoms with Crippen molar-refractivity contribution < 1.29 is 66.0 Å². The molecule has 1 aromatic heterocycles. The maximum atomic E-state index is 11.0. The zero-order chi connectivity index (χ0) is 11.1. The summed E-state index contributed by atoms with van der Waals surface area (Å²) in [4.78, 5) is 10.8. The van der Waals surface area contributed by atoms with Crippen molar-refractivity contribution in [1.82, 2.24) is 15.0 Å². The van der Waals surface area contributed by atoms with E-state index in [2.05, 4.69) is 15.0 Å². The van der Waals surface area contributed by atoms with Crippen LogP contribution in [-0.2, 0) is 0 Å². The second kappa shape index (κ2) is 9.12. The van der Waals surface area contributed by atoms with Crippen molar-refractivity contribution in [3.8, 4) is 18.0 Å². The van der Waals surface area contributed by atoms with Gasteiger partial charge in [0.25, 0.3) is 0 Å². The monoisotopic (exact) mass is 251 g/mol. The summed E-state index contributed by atoms with van der Waals surface area (Å²) in [7, 11) is 0. The molecule has 0 radical (unpaired) electrons. The molecule has 7 heteroatoms. The first-order valence-corrected chi connectivity index (χ1v) is 4.95. The molecule has 0 fully saturated rings. The Morgan fingerprint density at radius 1 is 0.938 bits per heavy atom. The van der Waals surface area contributed by atoms with Gasteiger partial charge in [0.1, 0.15) is 0 Å². The van der Waals surface area contributed by atoms with Crippen molar-refractivity contribution in [2.75, 3.05) is 13.2 Å². The zero-order valence-corrected chi connectivity index (χ0v) is 13.0. The largest absolute Gasteiger partial charge is 1.00 e. The summed E-state index contributed by atoms with van der Waals surface area (Å²) in [6, 6.07) is -0.576. The van der Waals surface area contributed by atoms with Crippen LogP contribution in [0.25, 0.3) is 0 Å². The predicted octanol–water partition coefficient (Wildman–Crippen LogP) is -2.47. The minimum Gasteiger partial charge on any atom is -0.844 e. The van der Waals surface area contributed by atoms with E-state index in [1.54, 1.807) is 0 Å². The maximum Gasteiger partial charge on any atom is 1.00 e. The number of rotatable bonds is 6. The van der Waals surface area contributed by atoms with Crippen molar-refractivity contribution in [3.63, 3.8) is 0 Å². The maximum absolute atomic E-state index is 11.0. The van der Waals surface area contributed by atoms with Crippen molar-refractivity contribution in [1.29, 1.82) is 0 Å². The minimum atomic E-state index is -0.637. The van der Waals surface area contributed by atoms with Crippen LogP contribution in [0.4, 0.5) is 0 Å². The number of aromatic nitrogens is 3. The van der Waals surface area contributed by atoms with Crippen LogP contribution in [0.15, 0.2) is 0 Å². The molecule has 1 aromatic rings. The number of hydrogen-bond acceptors (Lipinski definition) is 6. The van der Waals surface area contributed by atoms with Gasteiger partial charge in [-0.2, -0.15) is 9.97 Å². The molecule has 0 aromatic carbocycles. The van der Waals surface area contributed by atoms with Crippen molar-refractivity contribution in [3.05, 3.63) is 0 Å². The van der Waals surface area contributed by atoms with Gasteiger partial charge in [-0.25, -0.2) is 0 Å². The van der Waals surface area contributed by atoms with Crippen molar-refractivity contribution in [2.24, 2.45) is 0 Å². The summed E-state index contributed by atoms with van der Waals surface area (Å²) in [5.74, 6) is 0. The fourth-order valence-electron chi connectivity index (χ4n) is 0.836. The molecular formula is C9H14KN3O3. The zero-order valence-electron chi connectivity index (χ0n) is 9.89. The molecule has 0 aliphatic rings. The van der Waals surface area contributed by atoms with Gasteiger partial charge >= 0.3 is 63.4 Å². The van der Waals surface area contributed by atoms with Gasteiger partial charge in [-0.1, -0.05) is 13.8 Å². The van der Waals surface area contributed by atoms with Crippen LogP contribution >= 0.6 is 0 Å². The van der Waals surface area contributed by atoms with E-state index < -0.39 is 6.01 Å². The summed E-state index contributed by atoms with van der Waals surface area (Å²) in [6.45, 7) is 4.84. The summed E-state index contributed by atoms with van der Waals surface area (Å²) in [5, 5.41) is 11.0. The number of hydrogen-bond donors (Lipinski definition) is 0. The average molecular weight is 251 g/mol. The molecule has 6 nitrogen and oxygen atoms in total. The molecule has 16 heavy (non-hydrogen) atoms. The molecule has 0 saturated carbocycles. The summed E-state index contributed by atoms with van der Waals surface area (Å²) in [5.41, 5.74) is 0. The van der Waals surface area contributed by atoms with E-state index in [9.17, 15) is 5.11 Å². The van der Waals surface area contributed by atoms with Gasteiger partial charge in [-0.3, -0.25) is 0 Å². The Labute approximate surface area is 137 Å². The summed E-state index contributed by atoms with van der Waals surface area (Å²) < 4.78 is 10.2. The van der Waals surface area contributed by atoms with Crippen LogP contribution < -0.4 is 66.0 Å². The predicted molar refractivity (Wildman–Crippen MR) is 50.8 cm³/mol. The van der Waals surface area contributed by atoms with E-state index >= 15 is 0 Å². The summed E-state index contributed by atoms with van der Waals surface area (Å²) in [6.07, 6.45) is 1.65. The molecule has 0 amide bonds. The second-order valence-corrected chi connectivity index (χ2v) is 2.88. The molecule has 0 aliphatic heterocycles. The SMILES string of the molecule is CCCOc1nc([O-])nc(OCCC)n1.[K+]. The van der Waals surface area contributed by atoms with E-state index in [-0.39, 0.29) is 63.4 Å². The Balaban J connectivity index is 0.00000225. The van der Waals surface area contributed by atoms with Crippen LogP contribution in [0, 0.1) is 0 Å². The first kappa shape index (κ1) is 16.0. The van der Waals surface area contributed by atoms with Crippen LogP contribution in [0.1, 0.15) is 26.7 Å². The fourth-order valence-corrected chi connectivity index (χ4v) is 0.836. The Kier molecular flexibility index (Phi) is 9.14. The molecule has 84 valence electrons. The van der Waals surface area contributed by atoms with E-state index in [4.69, 9.17) is 9.47 Å². The van der Waals surface area contributed by atoms with Crippen LogP contribution in [0.5, 0.6) is 18.0 Å². The third-order valence-electron chi connectivity index (χ3n) is 1.44. The van der Waals surface area contributed by atoms with E-state index in [1.165, 1.54) is 0 Å². The van der Waals surface area contributed by atoms with E-state index in [1.807, 2.05) is 13.8 Å². The van der Waals surface area contributed by atoms with Crippen LogP contribution in [-0.4, -0.2) is 28.2 Å². The van der Waals surface area contributed by atoms with Crippen LogP contribution in [0.3, 0.4) is 0 Å². The Bertz CT molecular complexity index is 286. The smallest absolute Gasteiger partial charge is 0.844 e. The molecule has 1 heterocycles. The van der Waals surface area contributed by atoms with Crippen LogP contribution in [0.2, 0.25) is 0 Å². The topological polar surface area (TPSA) is 80.2 Å². The third-order valence-corrected chi connectivity index (χ3v) is 1.44. The molecule has 0 bridgehead atoms. The number of nitrogens with zero attached hydrogens (tertiary/aromatic N) is 3. The molecule has 0 aliphatic carbocycles. The fraction of sp³-hybridized carbons (Fsp3) is 0.667. The van der Waals surface area contributed by atoms with Gasteiger partial charge in [-0.05, 0) is 12.8 Å². The first-order valence-electron chi connectivity index (χ1n) is 4.95. The molecule has 0 unspecified atom stereocenters. The van der Waals surface area contributed by atoms with Gasteiger partial charge in [-0.15, -0.1) is 4.98 Å². The van der Waals surface area contributed by atoms with Crippen molar-refractivity contribution in [2.45, 2.75) is 26.7 Å². The van der Waals surface area contributed by atoms with Crippen molar-refractivity contribution >= 4 is 0 Å². The number of ether oxygens (including phenoxy) is 2. The Morgan fingerprint density at radius 2 is 1.38 bits per heavy atom. The minimum absolute atomic E-state index is 0. The molecular weight excluding hydrogens is 237 g/mol. The normalized spacial score (nSPS) is 9.38.